The number of nitrogens with zero attached hydrogens (tertiary/aromatic N) is 4. The molecule has 2 saturated heterocycles. The van der Waals surface area contributed by atoms with Gasteiger partial charge in [0.05, 0.1) is 12.6 Å². The number of carbonyl (C=O) groups is 2. The number of carboxylic acid groups (broad SMARTS) is 1. The highest BCUT2D eigenvalue weighted by Crippen LogP contribution is 2.22. The topological polar surface area (TPSA) is 97.6 Å². The molecule has 1 atom stereocenters. The lowest BCUT2D eigenvalue weighted by Gasteiger charge is -2.34. The van der Waals surface area contributed by atoms with Gasteiger partial charge in [0, 0.05) is 37.4 Å². The highest BCUT2D eigenvalue weighted by Gasteiger charge is 2.32. The van der Waals surface area contributed by atoms with Crippen molar-refractivity contribution in [2.45, 2.75) is 11.7 Å². The van der Waals surface area contributed by atoms with Crippen LogP contribution in [0.1, 0.15) is 12.0 Å². The molecule has 2 heterocycles. The number of amides is 1. The van der Waals surface area contributed by atoms with Gasteiger partial charge in [0.25, 0.3) is 0 Å². The van der Waals surface area contributed by atoms with Crippen LogP contribution in [-0.4, -0.2) is 71.7 Å². The van der Waals surface area contributed by atoms with Crippen LogP contribution in [0.2, 0.25) is 0 Å². The second-order valence-corrected chi connectivity index (χ2v) is 7.53. The average molecular weight is 393 g/mol. The first-order valence-electron chi connectivity index (χ1n) is 8.46. The molecule has 3 rings (SSSR count). The third-order valence-electron chi connectivity index (χ3n) is 4.33. The molecule has 2 fully saturated rings. The Morgan fingerprint density at radius 1 is 1.41 bits per heavy atom. The SMILES string of the molecule is CN1CCN(c2ccc(C=NN=C3NC(=O)C(CC(=O)O)S3)c(F)c2)CC1. The van der Waals surface area contributed by atoms with Gasteiger partial charge < -0.3 is 20.2 Å². The standard InChI is InChI=1S/C17H20FN5O3S/c1-22-4-6-23(7-5-22)12-3-2-11(13(18)8-12)10-19-21-17-20-16(26)14(27-17)9-15(24)25/h2-3,8,10,14H,4-7,9H2,1H3,(H,24,25)(H,20,21,26). The van der Waals surface area contributed by atoms with E-state index in [4.69, 9.17) is 5.11 Å². The molecule has 0 spiro atoms. The average Bonchev–Trinajstić information content (AvgIpc) is 2.96. The molecule has 10 heteroatoms. The molecule has 27 heavy (non-hydrogen) atoms. The van der Waals surface area contributed by atoms with Crippen molar-refractivity contribution < 1.29 is 19.1 Å². The number of aliphatic carboxylic acids is 1. The van der Waals surface area contributed by atoms with Crippen LogP contribution in [0, 0.1) is 5.82 Å². The lowest BCUT2D eigenvalue weighted by atomic mass is 10.2. The number of carbonyl (C=O) groups excluding carboxylic acids is 1. The summed E-state index contributed by atoms with van der Waals surface area (Å²) in [6.45, 7) is 3.58. The van der Waals surface area contributed by atoms with E-state index >= 15 is 0 Å². The van der Waals surface area contributed by atoms with E-state index in [1.165, 1.54) is 12.3 Å². The van der Waals surface area contributed by atoms with Crippen LogP contribution in [0.4, 0.5) is 10.1 Å². The molecule has 0 saturated carbocycles. The minimum absolute atomic E-state index is 0.206. The molecule has 2 aliphatic rings. The summed E-state index contributed by atoms with van der Waals surface area (Å²) < 4.78 is 14.3. The molecule has 0 radical (unpaired) electrons. The van der Waals surface area contributed by atoms with Crippen LogP contribution in [0.3, 0.4) is 0 Å². The molecule has 0 aromatic heterocycles. The Hall–Kier alpha value is -2.46. The molecule has 0 aliphatic carbocycles. The highest BCUT2D eigenvalue weighted by molar-refractivity contribution is 8.15. The first-order chi connectivity index (χ1) is 12.9. The van der Waals surface area contributed by atoms with Gasteiger partial charge in [0.1, 0.15) is 11.1 Å². The molecule has 1 unspecified atom stereocenters. The predicted octanol–water partition coefficient (Wildman–Crippen LogP) is 0.974. The fourth-order valence-electron chi connectivity index (χ4n) is 2.77. The van der Waals surface area contributed by atoms with Gasteiger partial charge in [-0.25, -0.2) is 4.39 Å². The lowest BCUT2D eigenvalue weighted by molar-refractivity contribution is -0.138. The molecule has 144 valence electrons. The maximum Gasteiger partial charge on any atom is 0.305 e. The van der Waals surface area contributed by atoms with E-state index in [-0.39, 0.29) is 17.2 Å². The second kappa shape index (κ2) is 8.49. The Morgan fingerprint density at radius 2 is 2.15 bits per heavy atom. The molecule has 8 nitrogen and oxygen atoms in total. The fraction of sp³-hybridized carbons (Fsp3) is 0.412. The van der Waals surface area contributed by atoms with Gasteiger partial charge in [-0.05, 0) is 25.2 Å². The normalized spacial score (nSPS) is 22.6. The molecule has 2 aliphatic heterocycles. The van der Waals surface area contributed by atoms with Gasteiger partial charge in [0.2, 0.25) is 5.91 Å². The first-order valence-corrected chi connectivity index (χ1v) is 9.34. The van der Waals surface area contributed by atoms with Gasteiger partial charge in [-0.3, -0.25) is 9.59 Å². The first kappa shape index (κ1) is 19.3. The number of nitrogens with one attached hydrogen (secondary N) is 1. The lowest BCUT2D eigenvalue weighted by Crippen LogP contribution is -2.44. The molecular formula is C17H20FN5O3S. The van der Waals surface area contributed by atoms with E-state index in [0.29, 0.717) is 0 Å². The van der Waals surface area contributed by atoms with Crippen molar-refractivity contribution in [2.24, 2.45) is 10.2 Å². The maximum absolute atomic E-state index is 14.3. The predicted molar refractivity (Wildman–Crippen MR) is 103 cm³/mol. The number of likely N-dealkylation sites (N-methyl/N-ethyl adjacent to an activating group) is 1. The number of anilines is 1. The molecule has 1 amide bonds. The van der Waals surface area contributed by atoms with E-state index < -0.39 is 22.9 Å². The van der Waals surface area contributed by atoms with E-state index in [1.807, 2.05) is 6.07 Å². The van der Waals surface area contributed by atoms with Crippen molar-refractivity contribution in [3.8, 4) is 0 Å². The van der Waals surface area contributed by atoms with Gasteiger partial charge in [-0.15, -0.1) is 5.10 Å². The largest absolute Gasteiger partial charge is 0.481 e. The maximum atomic E-state index is 14.3. The summed E-state index contributed by atoms with van der Waals surface area (Å²) in [6.07, 6.45) is 0.981. The minimum Gasteiger partial charge on any atom is -0.481 e. The molecule has 1 aromatic rings. The van der Waals surface area contributed by atoms with Crippen molar-refractivity contribution in [1.29, 1.82) is 0 Å². The summed E-state index contributed by atoms with van der Waals surface area (Å²) in [4.78, 5) is 26.7. The molecule has 2 N–H and O–H groups in total. The Bertz CT molecular complexity index is 793. The zero-order chi connectivity index (χ0) is 19.4. The van der Waals surface area contributed by atoms with Crippen molar-refractivity contribution in [3.63, 3.8) is 0 Å². The number of halogens is 1. The van der Waals surface area contributed by atoms with E-state index in [0.717, 1.165) is 43.6 Å². The summed E-state index contributed by atoms with van der Waals surface area (Å²) in [5.74, 6) is -1.88. The smallest absolute Gasteiger partial charge is 0.305 e. The van der Waals surface area contributed by atoms with Gasteiger partial charge in [-0.2, -0.15) is 5.10 Å². The fourth-order valence-corrected chi connectivity index (χ4v) is 3.69. The van der Waals surface area contributed by atoms with Crippen LogP contribution in [-0.2, 0) is 9.59 Å². The number of benzene rings is 1. The highest BCUT2D eigenvalue weighted by atomic mass is 32.2. The number of hydrogen-bond acceptors (Lipinski definition) is 7. The van der Waals surface area contributed by atoms with Gasteiger partial charge in [-0.1, -0.05) is 11.8 Å². The Kier molecular flexibility index (Phi) is 6.07. The number of rotatable bonds is 5. The number of amidine groups is 1. The quantitative estimate of drug-likeness (QED) is 0.572. The summed E-state index contributed by atoms with van der Waals surface area (Å²) in [5, 5.41) is 18.3. The van der Waals surface area contributed by atoms with Crippen LogP contribution < -0.4 is 10.2 Å². The van der Waals surface area contributed by atoms with Gasteiger partial charge >= 0.3 is 5.97 Å². The second-order valence-electron chi connectivity index (χ2n) is 6.34. The zero-order valence-corrected chi connectivity index (χ0v) is 15.6. The summed E-state index contributed by atoms with van der Waals surface area (Å²) >= 11 is 0.998. The van der Waals surface area contributed by atoms with Crippen molar-refractivity contribution >= 4 is 40.7 Å². The summed E-state index contributed by atoms with van der Waals surface area (Å²) in [6, 6.07) is 4.97. The van der Waals surface area contributed by atoms with Crippen LogP contribution in [0.25, 0.3) is 0 Å². The van der Waals surface area contributed by atoms with Crippen LogP contribution in [0.15, 0.2) is 28.4 Å². The third-order valence-corrected chi connectivity index (χ3v) is 5.41. The van der Waals surface area contributed by atoms with Crippen LogP contribution in [0.5, 0.6) is 0 Å². The van der Waals surface area contributed by atoms with E-state index in [9.17, 15) is 14.0 Å². The number of carboxylic acids is 1. The Labute approximate surface area is 160 Å². The van der Waals surface area contributed by atoms with E-state index in [1.54, 1.807) is 6.07 Å². The Balaban J connectivity index is 1.62. The van der Waals surface area contributed by atoms with Crippen molar-refractivity contribution in [2.75, 3.05) is 38.1 Å². The number of piperazine rings is 1. The molecule has 0 bridgehead atoms. The monoisotopic (exact) mass is 393 g/mol. The molecule has 1 aromatic carbocycles. The zero-order valence-electron chi connectivity index (χ0n) is 14.8. The van der Waals surface area contributed by atoms with Crippen molar-refractivity contribution in [1.82, 2.24) is 10.2 Å². The van der Waals surface area contributed by atoms with Crippen LogP contribution >= 0.6 is 11.8 Å². The third kappa shape index (κ3) is 5.04. The number of hydrogen-bond donors (Lipinski definition) is 2. The van der Waals surface area contributed by atoms with Crippen molar-refractivity contribution in [3.05, 3.63) is 29.6 Å². The van der Waals surface area contributed by atoms with Gasteiger partial charge in [0.15, 0.2) is 5.17 Å². The van der Waals surface area contributed by atoms with E-state index in [2.05, 4.69) is 32.4 Å². The summed E-state index contributed by atoms with van der Waals surface area (Å²) in [7, 11) is 2.06. The summed E-state index contributed by atoms with van der Waals surface area (Å²) in [5.41, 5.74) is 1.12. The number of thioether (sulfide) groups is 1. The Morgan fingerprint density at radius 3 is 2.81 bits per heavy atom. The molecular weight excluding hydrogens is 373 g/mol. The minimum atomic E-state index is -1.06.